The van der Waals surface area contributed by atoms with Crippen molar-refractivity contribution in [2.45, 2.75) is 19.1 Å². The highest BCUT2D eigenvalue weighted by atomic mass is 32.2. The average Bonchev–Trinajstić information content (AvgIpc) is 2.65. The predicted octanol–water partition coefficient (Wildman–Crippen LogP) is 2.22. The van der Waals surface area contributed by atoms with E-state index in [2.05, 4.69) is 0 Å². The molecule has 2 rings (SSSR count). The van der Waals surface area contributed by atoms with E-state index in [1.807, 2.05) is 30.1 Å². The molecule has 0 amide bonds. The maximum atomic E-state index is 10.1. The summed E-state index contributed by atoms with van der Waals surface area (Å²) in [5.74, 6) is 1.95. The minimum absolute atomic E-state index is 0.0221. The van der Waals surface area contributed by atoms with Crippen LogP contribution in [0.5, 0.6) is 0 Å². The lowest BCUT2D eigenvalue weighted by molar-refractivity contribution is -0.0213. The quantitative estimate of drug-likeness (QED) is 0.845. The molecule has 14 heavy (non-hydrogen) atoms. The van der Waals surface area contributed by atoms with Crippen molar-refractivity contribution in [1.82, 2.24) is 0 Å². The van der Waals surface area contributed by atoms with Crippen molar-refractivity contribution in [2.24, 2.45) is 0 Å². The van der Waals surface area contributed by atoms with Crippen molar-refractivity contribution < 1.29 is 9.84 Å². The minimum atomic E-state index is -0.442. The molecule has 1 N–H and O–H groups in total. The number of thiophene rings is 1. The van der Waals surface area contributed by atoms with Crippen LogP contribution in [0.2, 0.25) is 0 Å². The van der Waals surface area contributed by atoms with E-state index in [0.29, 0.717) is 0 Å². The summed E-state index contributed by atoms with van der Waals surface area (Å²) in [6.45, 7) is 2.79. The molecule has 1 fully saturated rings. The normalized spacial score (nSPS) is 24.9. The second-order valence-corrected chi connectivity index (χ2v) is 5.49. The first kappa shape index (κ1) is 10.5. The number of ether oxygens (including phenoxy) is 1. The Bertz CT molecular complexity index is 292. The lowest BCUT2D eigenvalue weighted by Crippen LogP contribution is -2.29. The summed E-state index contributed by atoms with van der Waals surface area (Å²) >= 11 is 3.47. The maximum absolute atomic E-state index is 10.1. The van der Waals surface area contributed by atoms with E-state index in [9.17, 15) is 5.11 Å². The van der Waals surface area contributed by atoms with Crippen LogP contribution in [0, 0.1) is 6.92 Å². The molecule has 4 heteroatoms. The van der Waals surface area contributed by atoms with Gasteiger partial charge in [-0.1, -0.05) is 0 Å². The molecule has 1 aliphatic rings. The molecule has 0 aromatic carbocycles. The first-order valence-electron chi connectivity index (χ1n) is 4.70. The second-order valence-electron chi connectivity index (χ2n) is 3.40. The lowest BCUT2D eigenvalue weighted by Gasteiger charge is -2.26. The number of aliphatic hydroxyl groups is 1. The van der Waals surface area contributed by atoms with E-state index in [1.165, 1.54) is 5.56 Å². The van der Waals surface area contributed by atoms with E-state index < -0.39 is 6.10 Å². The average molecular weight is 230 g/mol. The third-order valence-corrected chi connectivity index (χ3v) is 4.47. The summed E-state index contributed by atoms with van der Waals surface area (Å²) in [6.07, 6.45) is -0.464. The number of hydrogen-bond donors (Lipinski definition) is 1. The Balaban J connectivity index is 2.07. The highest BCUT2D eigenvalue weighted by Crippen LogP contribution is 2.30. The first-order valence-corrected chi connectivity index (χ1v) is 6.74. The van der Waals surface area contributed by atoms with Crippen LogP contribution < -0.4 is 0 Å². The van der Waals surface area contributed by atoms with Gasteiger partial charge in [0.05, 0.1) is 12.7 Å². The van der Waals surface area contributed by atoms with Crippen molar-refractivity contribution in [2.75, 3.05) is 18.1 Å². The van der Waals surface area contributed by atoms with Crippen molar-refractivity contribution in [1.29, 1.82) is 0 Å². The molecule has 0 radical (unpaired) electrons. The van der Waals surface area contributed by atoms with Gasteiger partial charge in [0.25, 0.3) is 0 Å². The fourth-order valence-electron chi connectivity index (χ4n) is 1.54. The van der Waals surface area contributed by atoms with Gasteiger partial charge in [0.15, 0.2) is 0 Å². The zero-order valence-electron chi connectivity index (χ0n) is 8.10. The molecule has 0 bridgehead atoms. The third-order valence-electron chi connectivity index (χ3n) is 2.36. The molecule has 1 saturated heterocycles. The lowest BCUT2D eigenvalue weighted by atomic mass is 10.1. The molecule has 2 nitrogen and oxygen atoms in total. The fraction of sp³-hybridized carbons (Fsp3) is 0.600. The summed E-state index contributed by atoms with van der Waals surface area (Å²) < 4.78 is 5.55. The van der Waals surface area contributed by atoms with Gasteiger partial charge in [0, 0.05) is 16.4 Å². The van der Waals surface area contributed by atoms with Crippen LogP contribution in [0.1, 0.15) is 16.5 Å². The summed E-state index contributed by atoms with van der Waals surface area (Å²) in [5, 5.41) is 12.1. The standard InChI is InChI=1S/C10H14O2S2/c1-7-2-4-14-10(7)9(11)8-6-13-5-3-12-8/h2,4,8-9,11H,3,5-6H2,1H3. The van der Waals surface area contributed by atoms with E-state index in [1.54, 1.807) is 11.3 Å². The van der Waals surface area contributed by atoms with E-state index >= 15 is 0 Å². The van der Waals surface area contributed by atoms with Crippen LogP contribution in [0.4, 0.5) is 0 Å². The van der Waals surface area contributed by atoms with Gasteiger partial charge in [-0.05, 0) is 23.9 Å². The summed E-state index contributed by atoms with van der Waals surface area (Å²) in [5.41, 5.74) is 1.17. The van der Waals surface area contributed by atoms with Gasteiger partial charge in [-0.25, -0.2) is 0 Å². The number of hydrogen-bond acceptors (Lipinski definition) is 4. The van der Waals surface area contributed by atoms with Crippen LogP contribution >= 0.6 is 23.1 Å². The Morgan fingerprint density at radius 3 is 3.07 bits per heavy atom. The molecule has 2 heterocycles. The van der Waals surface area contributed by atoms with Crippen LogP contribution in [0.3, 0.4) is 0 Å². The van der Waals surface area contributed by atoms with E-state index in [-0.39, 0.29) is 6.10 Å². The smallest absolute Gasteiger partial charge is 0.115 e. The molecule has 0 aliphatic carbocycles. The van der Waals surface area contributed by atoms with Crippen LogP contribution in [0.15, 0.2) is 11.4 Å². The van der Waals surface area contributed by atoms with Gasteiger partial charge in [-0.3, -0.25) is 0 Å². The van der Waals surface area contributed by atoms with Gasteiger partial charge in [0.2, 0.25) is 0 Å². The predicted molar refractivity (Wildman–Crippen MR) is 61.1 cm³/mol. The maximum Gasteiger partial charge on any atom is 0.115 e. The minimum Gasteiger partial charge on any atom is -0.385 e. The Labute approximate surface area is 92.3 Å². The van der Waals surface area contributed by atoms with Gasteiger partial charge >= 0.3 is 0 Å². The number of rotatable bonds is 2. The van der Waals surface area contributed by atoms with Crippen molar-refractivity contribution in [3.05, 3.63) is 21.9 Å². The van der Waals surface area contributed by atoms with Gasteiger partial charge in [-0.15, -0.1) is 11.3 Å². The van der Waals surface area contributed by atoms with Gasteiger partial charge < -0.3 is 9.84 Å². The molecule has 2 atom stereocenters. The van der Waals surface area contributed by atoms with Gasteiger partial charge in [0.1, 0.15) is 6.10 Å². The second kappa shape index (κ2) is 4.66. The number of thioether (sulfide) groups is 1. The molecule has 78 valence electrons. The van der Waals surface area contributed by atoms with E-state index in [0.717, 1.165) is 23.0 Å². The van der Waals surface area contributed by atoms with Crippen molar-refractivity contribution in [3.63, 3.8) is 0 Å². The molecule has 1 aromatic rings. The zero-order chi connectivity index (χ0) is 9.97. The molecule has 2 unspecified atom stereocenters. The first-order chi connectivity index (χ1) is 6.79. The van der Waals surface area contributed by atoms with E-state index in [4.69, 9.17) is 4.74 Å². The Morgan fingerprint density at radius 1 is 1.64 bits per heavy atom. The topological polar surface area (TPSA) is 29.5 Å². The van der Waals surface area contributed by atoms with Crippen molar-refractivity contribution in [3.8, 4) is 0 Å². The molecule has 0 spiro atoms. The summed E-state index contributed by atoms with van der Waals surface area (Å²) in [6, 6.07) is 2.04. The Hall–Kier alpha value is -0.0300. The monoisotopic (exact) mass is 230 g/mol. The molecule has 1 aliphatic heterocycles. The molecular formula is C10H14O2S2. The number of aliphatic hydroxyl groups excluding tert-OH is 1. The Morgan fingerprint density at radius 2 is 2.50 bits per heavy atom. The molecule has 0 saturated carbocycles. The van der Waals surface area contributed by atoms with Crippen LogP contribution in [-0.4, -0.2) is 29.3 Å². The molecule has 1 aromatic heterocycles. The zero-order valence-corrected chi connectivity index (χ0v) is 9.74. The summed E-state index contributed by atoms with van der Waals surface area (Å²) in [7, 11) is 0. The number of aryl methyl sites for hydroxylation is 1. The Kier molecular flexibility index (Phi) is 3.49. The van der Waals surface area contributed by atoms with Crippen LogP contribution in [-0.2, 0) is 4.74 Å². The SMILES string of the molecule is Cc1ccsc1C(O)C1CSCCO1. The molecular weight excluding hydrogens is 216 g/mol. The highest BCUT2D eigenvalue weighted by molar-refractivity contribution is 7.99. The largest absolute Gasteiger partial charge is 0.385 e. The highest BCUT2D eigenvalue weighted by Gasteiger charge is 2.26. The van der Waals surface area contributed by atoms with Crippen LogP contribution in [0.25, 0.3) is 0 Å². The fourth-order valence-corrected chi connectivity index (χ4v) is 3.40. The summed E-state index contributed by atoms with van der Waals surface area (Å²) in [4.78, 5) is 1.05. The third kappa shape index (κ3) is 2.14. The van der Waals surface area contributed by atoms with Gasteiger partial charge in [-0.2, -0.15) is 11.8 Å². The van der Waals surface area contributed by atoms with Crippen molar-refractivity contribution >= 4 is 23.1 Å².